The summed E-state index contributed by atoms with van der Waals surface area (Å²) in [6.07, 6.45) is 1.91. The molecule has 0 N–H and O–H groups in total. The number of aryl methyl sites for hydroxylation is 1. The molecule has 3 heterocycles. The van der Waals surface area contributed by atoms with E-state index in [0.29, 0.717) is 11.8 Å². The molecule has 24 heavy (non-hydrogen) atoms. The molecule has 4 rings (SSSR count). The number of aromatic nitrogens is 1. The highest BCUT2D eigenvalue weighted by atomic mass is 19.1. The predicted molar refractivity (Wildman–Crippen MR) is 90.0 cm³/mol. The minimum absolute atomic E-state index is 0.133. The van der Waals surface area contributed by atoms with Gasteiger partial charge in [0, 0.05) is 46.0 Å². The summed E-state index contributed by atoms with van der Waals surface area (Å²) in [4.78, 5) is 17.0. The van der Waals surface area contributed by atoms with Crippen LogP contribution in [0.25, 0.3) is 0 Å². The Morgan fingerprint density at radius 3 is 2.50 bits per heavy atom. The number of carbonyl (C=O) groups excluding carboxylic acids is 1. The first-order valence-corrected chi connectivity index (χ1v) is 8.47. The number of amides is 1. The van der Waals surface area contributed by atoms with Crippen molar-refractivity contribution in [1.82, 2.24) is 14.4 Å². The number of likely N-dealkylation sites (tertiary alicyclic amines) is 2. The predicted octanol–water partition coefficient (Wildman–Crippen LogP) is 2.37. The molecule has 2 saturated heterocycles. The summed E-state index contributed by atoms with van der Waals surface area (Å²) in [5, 5.41) is 0. The van der Waals surface area contributed by atoms with Crippen molar-refractivity contribution >= 4 is 5.91 Å². The quantitative estimate of drug-likeness (QED) is 0.866. The summed E-state index contributed by atoms with van der Waals surface area (Å²) in [5.74, 6) is 1.02. The molecule has 1 aromatic carbocycles. The van der Waals surface area contributed by atoms with Gasteiger partial charge >= 0.3 is 0 Å². The van der Waals surface area contributed by atoms with Crippen LogP contribution >= 0.6 is 0 Å². The lowest BCUT2D eigenvalue weighted by Gasteiger charge is -2.22. The maximum Gasteiger partial charge on any atom is 0.270 e. The third-order valence-corrected chi connectivity index (χ3v) is 5.31. The molecule has 2 aliphatic heterocycles. The van der Waals surface area contributed by atoms with Gasteiger partial charge in [0.25, 0.3) is 5.91 Å². The molecule has 2 aromatic rings. The topological polar surface area (TPSA) is 28.5 Å². The summed E-state index contributed by atoms with van der Waals surface area (Å²) in [7, 11) is 1.91. The lowest BCUT2D eigenvalue weighted by atomic mass is 10.0. The Kier molecular flexibility index (Phi) is 3.88. The van der Waals surface area contributed by atoms with E-state index in [1.54, 1.807) is 12.1 Å². The first kappa shape index (κ1) is 15.4. The number of halogens is 1. The highest BCUT2D eigenvalue weighted by Crippen LogP contribution is 2.32. The van der Waals surface area contributed by atoms with Crippen molar-refractivity contribution in [3.63, 3.8) is 0 Å². The summed E-state index contributed by atoms with van der Waals surface area (Å²) >= 11 is 0. The Morgan fingerprint density at radius 2 is 1.88 bits per heavy atom. The highest BCUT2D eigenvalue weighted by Gasteiger charge is 2.41. The van der Waals surface area contributed by atoms with Gasteiger partial charge in [-0.3, -0.25) is 9.69 Å². The molecular formula is C19H22FN3O. The van der Waals surface area contributed by atoms with E-state index < -0.39 is 0 Å². The Bertz CT molecular complexity index is 743. The highest BCUT2D eigenvalue weighted by molar-refractivity contribution is 5.93. The van der Waals surface area contributed by atoms with Crippen LogP contribution < -0.4 is 0 Å². The van der Waals surface area contributed by atoms with E-state index in [4.69, 9.17) is 0 Å². The van der Waals surface area contributed by atoms with E-state index in [-0.39, 0.29) is 11.7 Å². The molecule has 0 saturated carbocycles. The molecule has 0 bridgehead atoms. The SMILES string of the molecule is Cn1cccc1C(=O)N1C[C@H]2CN(Cc3cccc(F)c3)C[C@H]2C1. The molecule has 2 aliphatic rings. The van der Waals surface area contributed by atoms with Gasteiger partial charge in [-0.25, -0.2) is 4.39 Å². The van der Waals surface area contributed by atoms with Crippen LogP contribution in [0.5, 0.6) is 0 Å². The summed E-state index contributed by atoms with van der Waals surface area (Å²) in [6.45, 7) is 4.41. The largest absolute Gasteiger partial charge is 0.347 e. The van der Waals surface area contributed by atoms with E-state index >= 15 is 0 Å². The number of nitrogens with zero attached hydrogens (tertiary/aromatic N) is 3. The standard InChI is InChI=1S/C19H22FN3O/c1-21-7-3-6-18(21)19(24)23-12-15-10-22(11-16(15)13-23)9-14-4-2-5-17(20)8-14/h2-8,15-16H,9-13H2,1H3/t15-,16+. The second-order valence-electron chi connectivity index (χ2n) is 7.06. The Hall–Kier alpha value is -2.14. The van der Waals surface area contributed by atoms with Crippen LogP contribution in [0.15, 0.2) is 42.6 Å². The third-order valence-electron chi connectivity index (χ3n) is 5.31. The zero-order chi connectivity index (χ0) is 16.7. The first-order chi connectivity index (χ1) is 11.6. The van der Waals surface area contributed by atoms with Crippen molar-refractivity contribution < 1.29 is 9.18 Å². The third kappa shape index (κ3) is 2.84. The van der Waals surface area contributed by atoms with E-state index in [0.717, 1.165) is 44.0 Å². The number of carbonyl (C=O) groups is 1. The molecule has 2 atom stereocenters. The van der Waals surface area contributed by atoms with Crippen molar-refractivity contribution in [3.8, 4) is 0 Å². The van der Waals surface area contributed by atoms with Crippen LogP contribution in [0, 0.1) is 17.7 Å². The number of rotatable bonds is 3. The molecule has 1 amide bonds. The van der Waals surface area contributed by atoms with E-state index in [2.05, 4.69) is 4.90 Å². The number of hydrogen-bond acceptors (Lipinski definition) is 2. The fraction of sp³-hybridized carbons (Fsp3) is 0.421. The molecule has 0 aliphatic carbocycles. The van der Waals surface area contributed by atoms with Crippen LogP contribution in [0.1, 0.15) is 16.1 Å². The normalized spacial score (nSPS) is 23.7. The minimum Gasteiger partial charge on any atom is -0.347 e. The van der Waals surface area contributed by atoms with Crippen LogP contribution in [0.2, 0.25) is 0 Å². The summed E-state index contributed by atoms with van der Waals surface area (Å²) < 4.78 is 15.2. The average Bonchev–Trinajstić information content (AvgIpc) is 3.21. The number of fused-ring (bicyclic) bond motifs is 1. The maximum atomic E-state index is 13.3. The molecule has 0 radical (unpaired) electrons. The second-order valence-corrected chi connectivity index (χ2v) is 7.06. The summed E-state index contributed by atoms with van der Waals surface area (Å²) in [5.41, 5.74) is 1.78. The lowest BCUT2D eigenvalue weighted by Crippen LogP contribution is -2.34. The Morgan fingerprint density at radius 1 is 1.12 bits per heavy atom. The fourth-order valence-corrected chi connectivity index (χ4v) is 4.12. The lowest BCUT2D eigenvalue weighted by molar-refractivity contribution is 0.0764. The van der Waals surface area contributed by atoms with Gasteiger partial charge in [0.15, 0.2) is 0 Å². The van der Waals surface area contributed by atoms with Gasteiger partial charge in [-0.2, -0.15) is 0 Å². The van der Waals surface area contributed by atoms with Gasteiger partial charge in [-0.1, -0.05) is 12.1 Å². The zero-order valence-electron chi connectivity index (χ0n) is 13.9. The monoisotopic (exact) mass is 327 g/mol. The molecular weight excluding hydrogens is 305 g/mol. The molecule has 1 aromatic heterocycles. The molecule has 0 unspecified atom stereocenters. The van der Waals surface area contributed by atoms with E-state index in [1.165, 1.54) is 6.07 Å². The van der Waals surface area contributed by atoms with Gasteiger partial charge in [0.05, 0.1) is 0 Å². The van der Waals surface area contributed by atoms with Crippen LogP contribution in [0.3, 0.4) is 0 Å². The Labute approximate surface area is 141 Å². The van der Waals surface area contributed by atoms with Gasteiger partial charge in [-0.15, -0.1) is 0 Å². The van der Waals surface area contributed by atoms with E-state index in [9.17, 15) is 9.18 Å². The van der Waals surface area contributed by atoms with Gasteiger partial charge in [0.1, 0.15) is 11.5 Å². The van der Waals surface area contributed by atoms with Gasteiger partial charge in [0.2, 0.25) is 0 Å². The molecule has 0 spiro atoms. The number of hydrogen-bond donors (Lipinski definition) is 0. The van der Waals surface area contributed by atoms with Gasteiger partial charge in [-0.05, 0) is 41.7 Å². The maximum absolute atomic E-state index is 13.3. The molecule has 2 fully saturated rings. The van der Waals surface area contributed by atoms with Crippen LogP contribution in [-0.2, 0) is 13.6 Å². The van der Waals surface area contributed by atoms with E-state index in [1.807, 2.05) is 40.9 Å². The molecule has 126 valence electrons. The zero-order valence-corrected chi connectivity index (χ0v) is 13.9. The van der Waals surface area contributed by atoms with Crippen LogP contribution in [-0.4, -0.2) is 46.5 Å². The van der Waals surface area contributed by atoms with Crippen molar-refractivity contribution in [2.24, 2.45) is 18.9 Å². The average molecular weight is 327 g/mol. The van der Waals surface area contributed by atoms with Crippen molar-refractivity contribution in [2.45, 2.75) is 6.54 Å². The second kappa shape index (κ2) is 6.06. The van der Waals surface area contributed by atoms with Crippen LogP contribution in [0.4, 0.5) is 4.39 Å². The van der Waals surface area contributed by atoms with Crippen molar-refractivity contribution in [3.05, 3.63) is 59.7 Å². The Balaban J connectivity index is 1.37. The smallest absolute Gasteiger partial charge is 0.270 e. The first-order valence-electron chi connectivity index (χ1n) is 8.47. The van der Waals surface area contributed by atoms with Crippen molar-refractivity contribution in [2.75, 3.05) is 26.2 Å². The fourth-order valence-electron chi connectivity index (χ4n) is 4.12. The summed E-state index contributed by atoms with van der Waals surface area (Å²) in [6, 6.07) is 10.6. The van der Waals surface area contributed by atoms with Crippen molar-refractivity contribution in [1.29, 1.82) is 0 Å². The minimum atomic E-state index is -0.175. The molecule has 4 nitrogen and oxygen atoms in total. The van der Waals surface area contributed by atoms with Gasteiger partial charge < -0.3 is 9.47 Å². The molecule has 5 heteroatoms. The number of benzene rings is 1.